The van der Waals surface area contributed by atoms with E-state index < -0.39 is 11.5 Å². The van der Waals surface area contributed by atoms with Crippen LogP contribution in [0.5, 0.6) is 0 Å². The van der Waals surface area contributed by atoms with E-state index >= 15 is 0 Å². The van der Waals surface area contributed by atoms with Crippen LogP contribution in [-0.4, -0.2) is 27.5 Å². The number of aliphatic carboxylic acids is 1. The summed E-state index contributed by atoms with van der Waals surface area (Å²) in [5, 5.41) is 13.6. The molecule has 0 aromatic carbocycles. The highest BCUT2D eigenvalue weighted by atomic mass is 32.1. The van der Waals surface area contributed by atoms with Gasteiger partial charge in [-0.05, 0) is 20.3 Å². The van der Waals surface area contributed by atoms with E-state index in [4.69, 9.17) is 10.8 Å². The molecular formula is C11H17N3O3S. The minimum atomic E-state index is -0.871. The molecule has 7 heteroatoms. The Morgan fingerprint density at radius 1 is 1.56 bits per heavy atom. The zero-order valence-electron chi connectivity index (χ0n) is 10.4. The van der Waals surface area contributed by atoms with Gasteiger partial charge in [-0.3, -0.25) is 9.59 Å². The zero-order valence-corrected chi connectivity index (χ0v) is 11.2. The van der Waals surface area contributed by atoms with Gasteiger partial charge in [-0.1, -0.05) is 0 Å². The molecule has 18 heavy (non-hydrogen) atoms. The predicted molar refractivity (Wildman–Crippen MR) is 69.3 cm³/mol. The molecule has 6 nitrogen and oxygen atoms in total. The Balaban J connectivity index is 2.45. The number of hydrogen-bond donors (Lipinski definition) is 3. The Bertz CT molecular complexity index is 442. The van der Waals surface area contributed by atoms with Crippen LogP contribution >= 0.6 is 11.3 Å². The Hall–Kier alpha value is -1.63. The molecule has 0 fully saturated rings. The monoisotopic (exact) mass is 271 g/mol. The molecule has 100 valence electrons. The van der Waals surface area contributed by atoms with Gasteiger partial charge >= 0.3 is 5.97 Å². The van der Waals surface area contributed by atoms with Crippen LogP contribution in [0.1, 0.15) is 32.4 Å². The summed E-state index contributed by atoms with van der Waals surface area (Å²) in [7, 11) is 0. The number of hydrogen-bond acceptors (Lipinski definition) is 5. The number of nitrogens with one attached hydrogen (secondary N) is 1. The first-order valence-corrected chi connectivity index (χ1v) is 6.39. The molecule has 0 spiro atoms. The first kappa shape index (κ1) is 14.4. The maximum Gasteiger partial charge on any atom is 0.303 e. The van der Waals surface area contributed by atoms with Crippen LogP contribution in [0.2, 0.25) is 0 Å². The number of aromatic nitrogens is 1. The Labute approximate surface area is 109 Å². The van der Waals surface area contributed by atoms with Crippen LogP contribution in [0.4, 0.5) is 5.13 Å². The number of carbonyl (C=O) groups is 2. The van der Waals surface area contributed by atoms with Crippen molar-refractivity contribution in [2.24, 2.45) is 0 Å². The van der Waals surface area contributed by atoms with Gasteiger partial charge in [0.25, 0.3) is 0 Å². The molecule has 0 unspecified atom stereocenters. The van der Waals surface area contributed by atoms with Gasteiger partial charge in [-0.25, -0.2) is 4.98 Å². The van der Waals surface area contributed by atoms with Gasteiger partial charge in [0, 0.05) is 17.3 Å². The van der Waals surface area contributed by atoms with E-state index in [-0.39, 0.29) is 18.7 Å². The van der Waals surface area contributed by atoms with Gasteiger partial charge in [-0.15, -0.1) is 11.3 Å². The lowest BCUT2D eigenvalue weighted by Gasteiger charge is -2.25. The van der Waals surface area contributed by atoms with E-state index in [0.717, 1.165) is 0 Å². The Morgan fingerprint density at radius 3 is 2.72 bits per heavy atom. The second-order valence-electron chi connectivity index (χ2n) is 4.68. The molecule has 1 aromatic rings. The van der Waals surface area contributed by atoms with Crippen molar-refractivity contribution in [3.8, 4) is 0 Å². The number of nitrogen functional groups attached to an aromatic ring is 1. The fraction of sp³-hybridized carbons (Fsp3) is 0.545. The topological polar surface area (TPSA) is 105 Å². The maximum atomic E-state index is 11.7. The Kier molecular flexibility index (Phi) is 4.66. The third-order valence-electron chi connectivity index (χ3n) is 2.35. The van der Waals surface area contributed by atoms with Crippen molar-refractivity contribution in [1.29, 1.82) is 0 Å². The second-order valence-corrected chi connectivity index (χ2v) is 5.57. The molecule has 1 amide bonds. The summed E-state index contributed by atoms with van der Waals surface area (Å²) in [6.07, 6.45) is 0.564. The number of carboxylic acid groups (broad SMARTS) is 1. The lowest BCUT2D eigenvalue weighted by atomic mass is 9.98. The fourth-order valence-corrected chi connectivity index (χ4v) is 2.03. The van der Waals surface area contributed by atoms with Gasteiger partial charge in [0.05, 0.1) is 12.1 Å². The van der Waals surface area contributed by atoms with Gasteiger partial charge in [0.2, 0.25) is 5.91 Å². The van der Waals surface area contributed by atoms with Crippen molar-refractivity contribution < 1.29 is 14.7 Å². The lowest BCUT2D eigenvalue weighted by molar-refractivity contribution is -0.137. The highest BCUT2D eigenvalue weighted by Gasteiger charge is 2.21. The first-order chi connectivity index (χ1) is 8.28. The molecule has 0 aliphatic carbocycles. The van der Waals surface area contributed by atoms with Crippen LogP contribution in [0.3, 0.4) is 0 Å². The number of nitrogens with two attached hydrogens (primary N) is 1. The molecule has 0 saturated carbocycles. The van der Waals surface area contributed by atoms with E-state index in [1.54, 1.807) is 19.2 Å². The molecular weight excluding hydrogens is 254 g/mol. The van der Waals surface area contributed by atoms with Crippen LogP contribution < -0.4 is 11.1 Å². The average molecular weight is 271 g/mol. The number of thiazole rings is 1. The van der Waals surface area contributed by atoms with E-state index in [0.29, 0.717) is 17.2 Å². The van der Waals surface area contributed by atoms with E-state index in [2.05, 4.69) is 10.3 Å². The molecule has 0 saturated heterocycles. The summed E-state index contributed by atoms with van der Waals surface area (Å²) < 4.78 is 0. The van der Waals surface area contributed by atoms with Crippen molar-refractivity contribution in [3.05, 3.63) is 11.1 Å². The van der Waals surface area contributed by atoms with Gasteiger partial charge in [0.15, 0.2) is 5.13 Å². The number of carbonyl (C=O) groups excluding carboxylic acids is 1. The summed E-state index contributed by atoms with van der Waals surface area (Å²) in [5.41, 5.74) is 5.56. The molecule has 0 aliphatic rings. The van der Waals surface area contributed by atoms with Crippen molar-refractivity contribution in [2.75, 3.05) is 5.73 Å². The van der Waals surface area contributed by atoms with Gasteiger partial charge in [-0.2, -0.15) is 0 Å². The van der Waals surface area contributed by atoms with Gasteiger partial charge in [0.1, 0.15) is 0 Å². The smallest absolute Gasteiger partial charge is 0.303 e. The number of rotatable bonds is 6. The molecule has 1 aromatic heterocycles. The largest absolute Gasteiger partial charge is 0.481 e. The summed E-state index contributed by atoms with van der Waals surface area (Å²) in [6, 6.07) is 0. The summed E-state index contributed by atoms with van der Waals surface area (Å²) in [5.74, 6) is -1.06. The molecule has 1 rings (SSSR count). The molecule has 0 radical (unpaired) electrons. The fourth-order valence-electron chi connectivity index (χ4n) is 1.47. The third-order valence-corrected chi connectivity index (χ3v) is 3.08. The number of anilines is 1. The zero-order chi connectivity index (χ0) is 13.8. The lowest BCUT2D eigenvalue weighted by Crippen LogP contribution is -2.44. The second kappa shape index (κ2) is 5.81. The summed E-state index contributed by atoms with van der Waals surface area (Å²) in [4.78, 5) is 26.2. The minimum Gasteiger partial charge on any atom is -0.481 e. The van der Waals surface area contributed by atoms with E-state index in [1.807, 2.05) is 0 Å². The molecule has 0 aliphatic heterocycles. The van der Waals surface area contributed by atoms with Crippen molar-refractivity contribution in [1.82, 2.24) is 10.3 Å². The SMILES string of the molecule is CC(C)(CCC(=O)O)NC(=O)Cc1csc(N)n1. The van der Waals surface area contributed by atoms with Crippen molar-refractivity contribution in [2.45, 2.75) is 38.6 Å². The maximum absolute atomic E-state index is 11.7. The number of amides is 1. The highest BCUT2D eigenvalue weighted by Crippen LogP contribution is 2.14. The first-order valence-electron chi connectivity index (χ1n) is 5.51. The Morgan fingerprint density at radius 2 is 2.22 bits per heavy atom. The van der Waals surface area contributed by atoms with Crippen LogP contribution in [0.25, 0.3) is 0 Å². The summed E-state index contributed by atoms with van der Waals surface area (Å²) in [6.45, 7) is 3.59. The molecule has 0 atom stereocenters. The molecule has 4 N–H and O–H groups in total. The highest BCUT2D eigenvalue weighted by molar-refractivity contribution is 7.13. The average Bonchev–Trinajstić information content (AvgIpc) is 2.60. The molecule has 0 bridgehead atoms. The van der Waals surface area contributed by atoms with Crippen LogP contribution in [0, 0.1) is 0 Å². The predicted octanol–water partition coefficient (Wildman–Crippen LogP) is 1.03. The molecule has 1 heterocycles. The van der Waals surface area contributed by atoms with E-state index in [9.17, 15) is 9.59 Å². The third kappa shape index (κ3) is 5.13. The van der Waals surface area contributed by atoms with Crippen LogP contribution in [0.15, 0.2) is 5.38 Å². The minimum absolute atomic E-state index is 0.0247. The van der Waals surface area contributed by atoms with Crippen LogP contribution in [-0.2, 0) is 16.0 Å². The van der Waals surface area contributed by atoms with Gasteiger partial charge < -0.3 is 16.2 Å². The number of carboxylic acids is 1. The quantitative estimate of drug-likeness (QED) is 0.716. The standard InChI is InChI=1S/C11H17N3O3S/c1-11(2,4-3-9(16)17)14-8(15)5-7-6-18-10(12)13-7/h6H,3-5H2,1-2H3,(H2,12,13)(H,14,15)(H,16,17). The van der Waals surface area contributed by atoms with E-state index in [1.165, 1.54) is 11.3 Å². The number of nitrogens with zero attached hydrogens (tertiary/aromatic N) is 1. The van der Waals surface area contributed by atoms with Crippen molar-refractivity contribution >= 4 is 28.3 Å². The summed E-state index contributed by atoms with van der Waals surface area (Å²) >= 11 is 1.29. The van der Waals surface area contributed by atoms with Crippen molar-refractivity contribution in [3.63, 3.8) is 0 Å². The normalized spacial score (nSPS) is 11.2.